The number of amides is 1. The van der Waals surface area contributed by atoms with Gasteiger partial charge in [-0.3, -0.25) is 4.79 Å². The van der Waals surface area contributed by atoms with Crippen molar-refractivity contribution >= 4 is 29.1 Å². The molecule has 0 aromatic heterocycles. The minimum atomic E-state index is -0.219. The first-order valence-corrected chi connectivity index (χ1v) is 6.17. The Balaban J connectivity index is 2.68. The Morgan fingerprint density at radius 3 is 2.47 bits per heavy atom. The van der Waals surface area contributed by atoms with Gasteiger partial charge >= 0.3 is 0 Å². The maximum atomic E-state index is 11.7. The topological polar surface area (TPSA) is 49.3 Å². The van der Waals surface area contributed by atoms with Gasteiger partial charge < -0.3 is 10.4 Å². The summed E-state index contributed by atoms with van der Waals surface area (Å²) in [5.74, 6) is -0.194. The maximum absolute atomic E-state index is 11.7. The smallest absolute Gasteiger partial charge is 0.224 e. The van der Waals surface area contributed by atoms with Crippen LogP contribution in [0, 0.1) is 0 Å². The SMILES string of the molecule is CC[C@@H](CO)NC(=O)Cc1c(Cl)cccc1Cl. The molecule has 1 atom stereocenters. The van der Waals surface area contributed by atoms with Gasteiger partial charge in [0.2, 0.25) is 5.91 Å². The van der Waals surface area contributed by atoms with Crippen LogP contribution in [-0.2, 0) is 11.2 Å². The molecule has 0 unspecified atom stereocenters. The number of benzene rings is 1. The van der Waals surface area contributed by atoms with Crippen LogP contribution in [0.3, 0.4) is 0 Å². The van der Waals surface area contributed by atoms with Crippen LogP contribution in [0.4, 0.5) is 0 Å². The van der Waals surface area contributed by atoms with Crippen molar-refractivity contribution < 1.29 is 9.90 Å². The monoisotopic (exact) mass is 275 g/mol. The van der Waals surface area contributed by atoms with E-state index >= 15 is 0 Å². The number of rotatable bonds is 5. The lowest BCUT2D eigenvalue weighted by molar-refractivity contribution is -0.121. The predicted molar refractivity (Wildman–Crippen MR) is 69.5 cm³/mol. The minimum Gasteiger partial charge on any atom is -0.394 e. The van der Waals surface area contributed by atoms with E-state index in [1.165, 1.54) is 0 Å². The average Bonchev–Trinajstić information content (AvgIpc) is 2.31. The zero-order valence-electron chi connectivity index (χ0n) is 9.54. The van der Waals surface area contributed by atoms with Crippen LogP contribution >= 0.6 is 23.2 Å². The summed E-state index contributed by atoms with van der Waals surface area (Å²) in [6, 6.07) is 4.90. The molecule has 1 rings (SSSR count). The van der Waals surface area contributed by atoms with Crippen LogP contribution in [0.25, 0.3) is 0 Å². The van der Waals surface area contributed by atoms with E-state index in [0.717, 1.165) is 0 Å². The van der Waals surface area contributed by atoms with Crippen molar-refractivity contribution in [1.82, 2.24) is 5.32 Å². The van der Waals surface area contributed by atoms with Crippen LogP contribution < -0.4 is 5.32 Å². The first-order valence-electron chi connectivity index (χ1n) is 5.41. The molecule has 94 valence electrons. The molecule has 2 N–H and O–H groups in total. The molecule has 0 bridgehead atoms. The largest absolute Gasteiger partial charge is 0.394 e. The molecule has 5 heteroatoms. The van der Waals surface area contributed by atoms with Crippen LogP contribution in [0.5, 0.6) is 0 Å². The van der Waals surface area contributed by atoms with Crippen LogP contribution in [0.15, 0.2) is 18.2 Å². The Hall–Kier alpha value is -0.770. The van der Waals surface area contributed by atoms with Gasteiger partial charge in [0.15, 0.2) is 0 Å². The number of carbonyl (C=O) groups is 1. The molecule has 1 aromatic rings. The molecule has 0 heterocycles. The highest BCUT2D eigenvalue weighted by Gasteiger charge is 2.13. The molecule has 0 aliphatic carbocycles. The van der Waals surface area contributed by atoms with Gasteiger partial charge in [0.05, 0.1) is 19.1 Å². The van der Waals surface area contributed by atoms with Crippen LogP contribution in [0.2, 0.25) is 10.0 Å². The van der Waals surface area contributed by atoms with Crippen molar-refractivity contribution in [2.24, 2.45) is 0 Å². The van der Waals surface area contributed by atoms with Crippen molar-refractivity contribution in [3.63, 3.8) is 0 Å². The number of hydrogen-bond donors (Lipinski definition) is 2. The quantitative estimate of drug-likeness (QED) is 0.867. The van der Waals surface area contributed by atoms with E-state index < -0.39 is 0 Å². The lowest BCUT2D eigenvalue weighted by atomic mass is 10.1. The standard InChI is InChI=1S/C12H15Cl2NO2/c1-2-8(7-16)15-12(17)6-9-10(13)4-3-5-11(9)14/h3-5,8,16H,2,6-7H2,1H3,(H,15,17)/t8-/m0/s1. The second-order valence-corrected chi connectivity index (χ2v) is 4.55. The number of aliphatic hydroxyl groups excluding tert-OH is 1. The van der Waals surface area contributed by atoms with Crippen molar-refractivity contribution in [2.75, 3.05) is 6.61 Å². The van der Waals surface area contributed by atoms with Gasteiger partial charge in [-0.25, -0.2) is 0 Å². The zero-order valence-corrected chi connectivity index (χ0v) is 11.1. The van der Waals surface area contributed by atoms with E-state index in [1.54, 1.807) is 18.2 Å². The summed E-state index contributed by atoms with van der Waals surface area (Å²) in [5.41, 5.74) is 0.612. The molecule has 0 saturated heterocycles. The van der Waals surface area contributed by atoms with Gasteiger partial charge in [0, 0.05) is 10.0 Å². The molecule has 0 aliphatic rings. The first-order chi connectivity index (χ1) is 8.08. The predicted octanol–water partition coefficient (Wildman–Crippen LogP) is 2.42. The summed E-state index contributed by atoms with van der Waals surface area (Å²) in [6.45, 7) is 1.82. The number of nitrogens with one attached hydrogen (secondary N) is 1. The molecule has 0 saturated carbocycles. The van der Waals surface area contributed by atoms with Gasteiger partial charge in [-0.15, -0.1) is 0 Å². The molecule has 0 fully saturated rings. The molecule has 1 amide bonds. The number of aliphatic hydroxyl groups is 1. The Morgan fingerprint density at radius 2 is 2.00 bits per heavy atom. The third-order valence-corrected chi connectivity index (χ3v) is 3.19. The molecule has 17 heavy (non-hydrogen) atoms. The Labute approximate surface area is 111 Å². The lowest BCUT2D eigenvalue weighted by Gasteiger charge is -2.14. The maximum Gasteiger partial charge on any atom is 0.224 e. The van der Waals surface area contributed by atoms with Gasteiger partial charge in [0.25, 0.3) is 0 Å². The fourth-order valence-electron chi connectivity index (χ4n) is 1.42. The average molecular weight is 276 g/mol. The highest BCUT2D eigenvalue weighted by atomic mass is 35.5. The Bertz CT molecular complexity index is 372. The van der Waals surface area contributed by atoms with Gasteiger partial charge in [-0.05, 0) is 24.1 Å². The summed E-state index contributed by atoms with van der Waals surface area (Å²) >= 11 is 11.9. The second-order valence-electron chi connectivity index (χ2n) is 3.73. The van der Waals surface area contributed by atoms with Crippen LogP contribution in [-0.4, -0.2) is 23.7 Å². The van der Waals surface area contributed by atoms with Gasteiger partial charge in [0.1, 0.15) is 0 Å². The molecule has 0 aliphatic heterocycles. The summed E-state index contributed by atoms with van der Waals surface area (Å²) in [5, 5.41) is 12.6. The van der Waals surface area contributed by atoms with Crippen molar-refractivity contribution in [3.05, 3.63) is 33.8 Å². The summed E-state index contributed by atoms with van der Waals surface area (Å²) < 4.78 is 0. The van der Waals surface area contributed by atoms with E-state index in [9.17, 15) is 4.79 Å². The van der Waals surface area contributed by atoms with E-state index in [0.29, 0.717) is 22.0 Å². The summed E-state index contributed by atoms with van der Waals surface area (Å²) in [6.07, 6.45) is 0.799. The first kappa shape index (κ1) is 14.3. The normalized spacial score (nSPS) is 12.2. The third kappa shape index (κ3) is 4.19. The fourth-order valence-corrected chi connectivity index (χ4v) is 1.95. The molecule has 0 spiro atoms. The molecular formula is C12H15Cl2NO2. The Kier molecular flexibility index (Phi) is 5.75. The van der Waals surface area contributed by atoms with E-state index in [2.05, 4.69) is 5.32 Å². The number of hydrogen-bond acceptors (Lipinski definition) is 2. The van der Waals surface area contributed by atoms with Gasteiger partial charge in [-0.1, -0.05) is 36.2 Å². The molecule has 0 radical (unpaired) electrons. The number of carbonyl (C=O) groups excluding carboxylic acids is 1. The number of halogens is 2. The zero-order chi connectivity index (χ0) is 12.8. The van der Waals surface area contributed by atoms with Crippen LogP contribution in [0.1, 0.15) is 18.9 Å². The van der Waals surface area contributed by atoms with Crippen molar-refractivity contribution in [3.8, 4) is 0 Å². The minimum absolute atomic E-state index is 0.0709. The van der Waals surface area contributed by atoms with E-state index in [-0.39, 0.29) is 25.0 Å². The molecular weight excluding hydrogens is 261 g/mol. The van der Waals surface area contributed by atoms with E-state index in [4.69, 9.17) is 28.3 Å². The van der Waals surface area contributed by atoms with Crippen molar-refractivity contribution in [1.29, 1.82) is 0 Å². The second kappa shape index (κ2) is 6.84. The fraction of sp³-hybridized carbons (Fsp3) is 0.417. The van der Waals surface area contributed by atoms with E-state index in [1.807, 2.05) is 6.92 Å². The molecule has 1 aromatic carbocycles. The lowest BCUT2D eigenvalue weighted by Crippen LogP contribution is -2.37. The highest BCUT2D eigenvalue weighted by molar-refractivity contribution is 6.36. The van der Waals surface area contributed by atoms with Gasteiger partial charge in [-0.2, -0.15) is 0 Å². The third-order valence-electron chi connectivity index (χ3n) is 2.48. The Morgan fingerprint density at radius 1 is 1.41 bits per heavy atom. The summed E-state index contributed by atoms with van der Waals surface area (Å²) in [4.78, 5) is 11.7. The summed E-state index contributed by atoms with van der Waals surface area (Å²) in [7, 11) is 0. The molecule has 3 nitrogen and oxygen atoms in total. The highest BCUT2D eigenvalue weighted by Crippen LogP contribution is 2.24. The van der Waals surface area contributed by atoms with Crippen molar-refractivity contribution in [2.45, 2.75) is 25.8 Å².